The Kier molecular flexibility index (Phi) is 9.05. The van der Waals surface area contributed by atoms with Gasteiger partial charge >= 0.3 is 8.56 Å². The van der Waals surface area contributed by atoms with Gasteiger partial charge in [-0.1, -0.05) is 38.7 Å². The van der Waals surface area contributed by atoms with Crippen LogP contribution in [0.2, 0.25) is 6.55 Å². The summed E-state index contributed by atoms with van der Waals surface area (Å²) in [6, 6.07) is 0. The summed E-state index contributed by atoms with van der Waals surface area (Å²) in [4.78, 5) is 0. The minimum absolute atomic E-state index is 1.15. The standard InChI is InChI=1S/C12H26O2Si/c1-5-6-7-8-9-10-11-12-15(4,13-2)14-3/h11-12H,5-10H2,1-4H3. The normalized spacial score (nSPS) is 12.5. The van der Waals surface area contributed by atoms with E-state index in [-0.39, 0.29) is 0 Å². The molecule has 0 bridgehead atoms. The predicted octanol–water partition coefficient (Wildman–Crippen LogP) is 3.81. The quantitative estimate of drug-likeness (QED) is 0.443. The molecule has 0 atom stereocenters. The lowest BCUT2D eigenvalue weighted by Crippen LogP contribution is -2.33. The zero-order valence-corrected chi connectivity index (χ0v) is 11.7. The van der Waals surface area contributed by atoms with E-state index >= 15 is 0 Å². The van der Waals surface area contributed by atoms with Crippen LogP contribution < -0.4 is 0 Å². The summed E-state index contributed by atoms with van der Waals surface area (Å²) in [7, 11) is 1.49. The highest BCUT2D eigenvalue weighted by molar-refractivity contribution is 6.71. The molecule has 0 aliphatic heterocycles. The van der Waals surface area contributed by atoms with Crippen molar-refractivity contribution in [2.24, 2.45) is 0 Å². The van der Waals surface area contributed by atoms with Crippen molar-refractivity contribution in [2.75, 3.05) is 14.2 Å². The van der Waals surface area contributed by atoms with Gasteiger partial charge in [0, 0.05) is 14.2 Å². The average molecular weight is 230 g/mol. The molecule has 0 aliphatic carbocycles. The fourth-order valence-corrected chi connectivity index (χ4v) is 2.42. The first-order valence-electron chi connectivity index (χ1n) is 5.96. The van der Waals surface area contributed by atoms with Crippen molar-refractivity contribution in [1.29, 1.82) is 0 Å². The maximum Gasteiger partial charge on any atom is 0.360 e. The maximum absolute atomic E-state index is 5.36. The van der Waals surface area contributed by atoms with Gasteiger partial charge in [-0.2, -0.15) is 0 Å². The molecule has 2 nitrogen and oxygen atoms in total. The molecule has 0 aromatic rings. The van der Waals surface area contributed by atoms with Gasteiger partial charge in [0.1, 0.15) is 0 Å². The highest BCUT2D eigenvalue weighted by atomic mass is 28.4. The van der Waals surface area contributed by atoms with Gasteiger partial charge in [0.15, 0.2) is 0 Å². The number of hydrogen-bond acceptors (Lipinski definition) is 2. The summed E-state index contributed by atoms with van der Waals surface area (Å²) in [5.41, 5.74) is 2.13. The molecule has 0 unspecified atom stereocenters. The molecule has 0 heterocycles. The topological polar surface area (TPSA) is 18.5 Å². The van der Waals surface area contributed by atoms with E-state index < -0.39 is 8.56 Å². The van der Waals surface area contributed by atoms with Crippen LogP contribution in [-0.2, 0) is 8.85 Å². The van der Waals surface area contributed by atoms with Crippen LogP contribution in [0, 0.1) is 0 Å². The third kappa shape index (κ3) is 7.77. The molecule has 0 N–H and O–H groups in total. The van der Waals surface area contributed by atoms with Crippen molar-refractivity contribution in [3.05, 3.63) is 11.8 Å². The summed E-state index contributed by atoms with van der Waals surface area (Å²) in [5.74, 6) is 0. The molecule has 3 heteroatoms. The second kappa shape index (κ2) is 9.13. The number of unbranched alkanes of at least 4 members (excludes halogenated alkanes) is 5. The molecule has 90 valence electrons. The van der Waals surface area contributed by atoms with E-state index in [2.05, 4.69) is 25.2 Å². The fourth-order valence-electron chi connectivity index (χ4n) is 1.38. The lowest BCUT2D eigenvalue weighted by molar-refractivity contribution is 0.264. The Morgan fingerprint density at radius 2 is 1.60 bits per heavy atom. The lowest BCUT2D eigenvalue weighted by Gasteiger charge is -2.17. The summed E-state index contributed by atoms with van der Waals surface area (Å²) in [6.45, 7) is 4.30. The van der Waals surface area contributed by atoms with E-state index in [1.807, 2.05) is 0 Å². The minimum Gasteiger partial charge on any atom is -0.395 e. The average Bonchev–Trinajstić information content (AvgIpc) is 2.27. The van der Waals surface area contributed by atoms with E-state index in [0.29, 0.717) is 0 Å². The second-order valence-electron chi connectivity index (χ2n) is 4.03. The van der Waals surface area contributed by atoms with Crippen molar-refractivity contribution >= 4 is 8.56 Å². The Morgan fingerprint density at radius 3 is 2.13 bits per heavy atom. The Labute approximate surface area is 95.9 Å². The van der Waals surface area contributed by atoms with Gasteiger partial charge in [-0.05, 0) is 25.1 Å². The van der Waals surface area contributed by atoms with Gasteiger partial charge in [0.25, 0.3) is 0 Å². The Morgan fingerprint density at radius 1 is 1.00 bits per heavy atom. The SMILES string of the molecule is CCCCCCCC=C[Si](C)(OC)OC. The highest BCUT2D eigenvalue weighted by Gasteiger charge is 2.23. The molecule has 0 aromatic heterocycles. The van der Waals surface area contributed by atoms with E-state index in [4.69, 9.17) is 8.85 Å². The van der Waals surface area contributed by atoms with Gasteiger partial charge in [0.2, 0.25) is 0 Å². The molecule has 0 rings (SSSR count). The van der Waals surface area contributed by atoms with Crippen LogP contribution in [0.3, 0.4) is 0 Å². The molecular weight excluding hydrogens is 204 g/mol. The molecule has 15 heavy (non-hydrogen) atoms. The summed E-state index contributed by atoms with van der Waals surface area (Å²) in [6.07, 6.45) is 10.0. The summed E-state index contributed by atoms with van der Waals surface area (Å²) in [5, 5.41) is 0. The molecular formula is C12H26O2Si. The van der Waals surface area contributed by atoms with Gasteiger partial charge in [-0.3, -0.25) is 0 Å². The van der Waals surface area contributed by atoms with Gasteiger partial charge in [-0.25, -0.2) is 0 Å². The van der Waals surface area contributed by atoms with Gasteiger partial charge in [-0.15, -0.1) is 0 Å². The van der Waals surface area contributed by atoms with Crippen LogP contribution in [0.1, 0.15) is 45.4 Å². The molecule has 0 aromatic carbocycles. The summed E-state index contributed by atoms with van der Waals surface area (Å²) >= 11 is 0. The first-order valence-corrected chi connectivity index (χ1v) is 8.36. The monoisotopic (exact) mass is 230 g/mol. The number of allylic oxidation sites excluding steroid dienone is 1. The number of hydrogen-bond donors (Lipinski definition) is 0. The molecule has 0 radical (unpaired) electrons. The van der Waals surface area contributed by atoms with E-state index in [9.17, 15) is 0 Å². The van der Waals surface area contributed by atoms with E-state index in [0.717, 1.165) is 6.42 Å². The van der Waals surface area contributed by atoms with Crippen LogP contribution in [0.4, 0.5) is 0 Å². The fraction of sp³-hybridized carbons (Fsp3) is 0.833. The number of rotatable bonds is 9. The Balaban J connectivity index is 3.52. The van der Waals surface area contributed by atoms with Crippen LogP contribution in [0.25, 0.3) is 0 Å². The van der Waals surface area contributed by atoms with Gasteiger partial charge < -0.3 is 8.85 Å². The molecule has 0 aliphatic rings. The Hall–Kier alpha value is -0.123. The van der Waals surface area contributed by atoms with Crippen LogP contribution in [0.5, 0.6) is 0 Å². The van der Waals surface area contributed by atoms with Crippen molar-refractivity contribution in [1.82, 2.24) is 0 Å². The van der Waals surface area contributed by atoms with E-state index in [1.54, 1.807) is 14.2 Å². The zero-order chi connectivity index (χ0) is 11.6. The largest absolute Gasteiger partial charge is 0.395 e. The molecule has 0 spiro atoms. The second-order valence-corrected chi connectivity index (χ2v) is 7.21. The van der Waals surface area contributed by atoms with Crippen molar-refractivity contribution in [3.8, 4) is 0 Å². The third-order valence-corrected chi connectivity index (χ3v) is 5.17. The Bertz CT molecular complexity index is 165. The molecule has 0 amide bonds. The molecule has 0 saturated carbocycles. The van der Waals surface area contributed by atoms with Gasteiger partial charge in [0.05, 0.1) is 0 Å². The van der Waals surface area contributed by atoms with Crippen LogP contribution >= 0.6 is 0 Å². The molecule has 0 saturated heterocycles. The van der Waals surface area contributed by atoms with E-state index in [1.165, 1.54) is 32.1 Å². The minimum atomic E-state index is -1.95. The zero-order valence-electron chi connectivity index (χ0n) is 10.7. The third-order valence-electron chi connectivity index (χ3n) is 2.71. The lowest BCUT2D eigenvalue weighted by atomic mass is 10.1. The predicted molar refractivity (Wildman–Crippen MR) is 68.2 cm³/mol. The summed E-state index contributed by atoms with van der Waals surface area (Å²) < 4.78 is 10.7. The van der Waals surface area contributed by atoms with Crippen LogP contribution in [-0.4, -0.2) is 22.8 Å². The highest BCUT2D eigenvalue weighted by Crippen LogP contribution is 2.09. The first kappa shape index (κ1) is 14.9. The maximum atomic E-state index is 5.36. The van der Waals surface area contributed by atoms with Crippen LogP contribution in [0.15, 0.2) is 11.8 Å². The first-order chi connectivity index (χ1) is 7.18. The smallest absolute Gasteiger partial charge is 0.360 e. The van der Waals surface area contributed by atoms with Crippen molar-refractivity contribution in [2.45, 2.75) is 52.0 Å². The van der Waals surface area contributed by atoms with Crippen molar-refractivity contribution in [3.63, 3.8) is 0 Å². The van der Waals surface area contributed by atoms with Crippen molar-refractivity contribution < 1.29 is 8.85 Å². The molecule has 0 fully saturated rings.